The van der Waals surface area contributed by atoms with E-state index >= 15 is 0 Å². The number of aliphatic hydroxyl groups excluding tert-OH is 1. The summed E-state index contributed by atoms with van der Waals surface area (Å²) in [6, 6.07) is 4.73. The molecule has 1 aromatic carbocycles. The number of amides is 3. The Labute approximate surface area is 158 Å². The van der Waals surface area contributed by atoms with Gasteiger partial charge in [0, 0.05) is 24.5 Å². The highest BCUT2D eigenvalue weighted by Crippen LogP contribution is 2.30. The fourth-order valence-corrected chi connectivity index (χ4v) is 2.88. The average molecular weight is 395 g/mol. The number of halogens is 3. The minimum absolute atomic E-state index is 0.0793. The largest absolute Gasteiger partial charge is 0.573 e. The van der Waals surface area contributed by atoms with Crippen molar-refractivity contribution in [3.63, 3.8) is 0 Å². The van der Waals surface area contributed by atoms with E-state index in [-0.39, 0.29) is 18.8 Å². The van der Waals surface area contributed by atoms with Crippen LogP contribution < -0.4 is 9.64 Å². The summed E-state index contributed by atoms with van der Waals surface area (Å²) < 4.78 is 40.6. The second-order valence-corrected chi connectivity index (χ2v) is 6.10. The number of urea groups is 1. The molecule has 0 spiro atoms. The molecule has 1 aliphatic rings. The number of pyridine rings is 1. The zero-order chi connectivity index (χ0) is 20.5. The van der Waals surface area contributed by atoms with E-state index < -0.39 is 30.1 Å². The summed E-state index contributed by atoms with van der Waals surface area (Å²) in [4.78, 5) is 31.5. The fourth-order valence-electron chi connectivity index (χ4n) is 2.88. The molecule has 7 nitrogen and oxygen atoms in total. The molecular weight excluding hydrogens is 379 g/mol. The van der Waals surface area contributed by atoms with Gasteiger partial charge in [0.1, 0.15) is 11.8 Å². The van der Waals surface area contributed by atoms with Gasteiger partial charge in [0.2, 0.25) is 0 Å². The monoisotopic (exact) mass is 395 g/mol. The first-order chi connectivity index (χ1) is 13.2. The van der Waals surface area contributed by atoms with Gasteiger partial charge in [-0.3, -0.25) is 9.78 Å². The number of nitrogens with zero attached hydrogens (tertiary/aromatic N) is 3. The Kier molecular flexibility index (Phi) is 5.23. The van der Waals surface area contributed by atoms with E-state index in [0.717, 1.165) is 17.0 Å². The Balaban J connectivity index is 1.82. The third-order valence-corrected chi connectivity index (χ3v) is 4.33. The number of carbonyl (C=O) groups is 2. The maximum absolute atomic E-state index is 12.8. The molecule has 0 aliphatic carbocycles. The lowest BCUT2D eigenvalue weighted by Crippen LogP contribution is -2.33. The SMILES string of the molecule is CC1C(=O)N(c2ccc(OC(F)(F)F)cc2)C(=O)N1Cc1ccncc1CO. The molecule has 1 saturated heterocycles. The van der Waals surface area contributed by atoms with E-state index in [9.17, 15) is 27.9 Å². The first kappa shape index (κ1) is 19.6. The molecular formula is C18H16F3N3O4. The van der Waals surface area contributed by atoms with E-state index in [1.54, 1.807) is 13.0 Å². The summed E-state index contributed by atoms with van der Waals surface area (Å²) in [7, 11) is 0. The highest BCUT2D eigenvalue weighted by Gasteiger charge is 2.43. The van der Waals surface area contributed by atoms with Gasteiger partial charge < -0.3 is 14.7 Å². The van der Waals surface area contributed by atoms with Gasteiger partial charge in [-0.25, -0.2) is 9.69 Å². The topological polar surface area (TPSA) is 83.0 Å². The van der Waals surface area contributed by atoms with E-state index in [4.69, 9.17) is 0 Å². The maximum Gasteiger partial charge on any atom is 0.573 e. The van der Waals surface area contributed by atoms with Gasteiger partial charge >= 0.3 is 12.4 Å². The third-order valence-electron chi connectivity index (χ3n) is 4.33. The summed E-state index contributed by atoms with van der Waals surface area (Å²) in [5.41, 5.74) is 1.30. The van der Waals surface area contributed by atoms with Crippen molar-refractivity contribution in [2.75, 3.05) is 4.90 Å². The van der Waals surface area contributed by atoms with Crippen LogP contribution in [0.3, 0.4) is 0 Å². The molecule has 3 amide bonds. The fraction of sp³-hybridized carbons (Fsp3) is 0.278. The minimum atomic E-state index is -4.83. The van der Waals surface area contributed by atoms with Gasteiger partial charge in [-0.2, -0.15) is 0 Å². The normalized spacial score (nSPS) is 17.4. The van der Waals surface area contributed by atoms with Crippen molar-refractivity contribution in [2.24, 2.45) is 0 Å². The van der Waals surface area contributed by atoms with E-state index in [1.165, 1.54) is 29.4 Å². The van der Waals surface area contributed by atoms with Gasteiger partial charge in [-0.05, 0) is 42.8 Å². The molecule has 1 N–H and O–H groups in total. The molecule has 2 heterocycles. The minimum Gasteiger partial charge on any atom is -0.406 e. The molecule has 148 valence electrons. The van der Waals surface area contributed by atoms with Crippen LogP contribution in [-0.4, -0.2) is 39.3 Å². The van der Waals surface area contributed by atoms with Gasteiger partial charge in [-0.15, -0.1) is 13.2 Å². The van der Waals surface area contributed by atoms with Crippen molar-refractivity contribution in [2.45, 2.75) is 32.5 Å². The van der Waals surface area contributed by atoms with E-state index in [1.807, 2.05) is 0 Å². The van der Waals surface area contributed by atoms with E-state index in [0.29, 0.717) is 11.1 Å². The molecule has 0 radical (unpaired) electrons. The van der Waals surface area contributed by atoms with Crippen LogP contribution >= 0.6 is 0 Å². The molecule has 1 unspecified atom stereocenters. The number of rotatable bonds is 5. The highest BCUT2D eigenvalue weighted by atomic mass is 19.4. The van der Waals surface area contributed by atoms with Crippen LogP contribution in [0, 0.1) is 0 Å². The molecule has 1 aromatic heterocycles. The van der Waals surface area contributed by atoms with Crippen LogP contribution in [0.25, 0.3) is 0 Å². The molecule has 0 bridgehead atoms. The van der Waals surface area contributed by atoms with Crippen LogP contribution in [0.4, 0.5) is 23.7 Å². The Morgan fingerprint density at radius 2 is 1.82 bits per heavy atom. The van der Waals surface area contributed by atoms with Crippen LogP contribution in [-0.2, 0) is 17.9 Å². The predicted molar refractivity (Wildman–Crippen MR) is 91.2 cm³/mol. The Morgan fingerprint density at radius 1 is 1.14 bits per heavy atom. The molecule has 1 aliphatic heterocycles. The number of aliphatic hydroxyl groups is 1. The van der Waals surface area contributed by atoms with Crippen LogP contribution in [0.2, 0.25) is 0 Å². The number of aromatic nitrogens is 1. The maximum atomic E-state index is 12.8. The molecule has 1 fully saturated rings. The molecule has 10 heteroatoms. The second-order valence-electron chi connectivity index (χ2n) is 6.10. The predicted octanol–water partition coefficient (Wildman–Crippen LogP) is 2.83. The van der Waals surface area contributed by atoms with Crippen LogP contribution in [0.5, 0.6) is 5.75 Å². The Bertz CT molecular complexity index is 886. The van der Waals surface area contributed by atoms with Gasteiger partial charge in [0.25, 0.3) is 5.91 Å². The van der Waals surface area contributed by atoms with Gasteiger partial charge in [0.05, 0.1) is 12.3 Å². The number of benzene rings is 1. The third kappa shape index (κ3) is 3.91. The number of hydrogen-bond donors (Lipinski definition) is 1. The lowest BCUT2D eigenvalue weighted by Gasteiger charge is -2.20. The standard InChI is InChI=1S/C18H16F3N3O4/c1-11-16(26)24(14-2-4-15(5-3-14)28-18(19,20)21)17(27)23(11)9-12-6-7-22-8-13(12)10-25/h2-8,11,25H,9-10H2,1H3. The Hall–Kier alpha value is -3.14. The summed E-state index contributed by atoms with van der Waals surface area (Å²) >= 11 is 0. The molecule has 28 heavy (non-hydrogen) atoms. The summed E-state index contributed by atoms with van der Waals surface area (Å²) in [5.74, 6) is -0.960. The zero-order valence-corrected chi connectivity index (χ0v) is 14.7. The summed E-state index contributed by atoms with van der Waals surface area (Å²) in [6.45, 7) is 1.37. The summed E-state index contributed by atoms with van der Waals surface area (Å²) in [6.07, 6.45) is -1.85. The molecule has 0 saturated carbocycles. The number of alkyl halides is 3. The van der Waals surface area contributed by atoms with Crippen molar-refractivity contribution in [3.8, 4) is 5.75 Å². The summed E-state index contributed by atoms with van der Waals surface area (Å²) in [5, 5.41) is 9.40. The van der Waals surface area contributed by atoms with E-state index in [2.05, 4.69) is 9.72 Å². The van der Waals surface area contributed by atoms with Gasteiger partial charge in [0.15, 0.2) is 0 Å². The second kappa shape index (κ2) is 7.47. The number of carbonyl (C=O) groups excluding carboxylic acids is 2. The highest BCUT2D eigenvalue weighted by molar-refractivity contribution is 6.21. The smallest absolute Gasteiger partial charge is 0.406 e. The lowest BCUT2D eigenvalue weighted by molar-refractivity contribution is -0.274. The first-order valence-corrected chi connectivity index (χ1v) is 8.24. The van der Waals surface area contributed by atoms with Crippen molar-refractivity contribution < 1.29 is 32.6 Å². The number of hydrogen-bond acceptors (Lipinski definition) is 5. The molecule has 2 aromatic rings. The van der Waals surface area contributed by atoms with Crippen LogP contribution in [0.1, 0.15) is 18.1 Å². The zero-order valence-electron chi connectivity index (χ0n) is 14.7. The first-order valence-electron chi connectivity index (χ1n) is 8.24. The van der Waals surface area contributed by atoms with Crippen molar-refractivity contribution in [3.05, 3.63) is 53.9 Å². The number of imide groups is 1. The number of anilines is 1. The lowest BCUT2D eigenvalue weighted by atomic mass is 10.1. The van der Waals surface area contributed by atoms with Crippen molar-refractivity contribution >= 4 is 17.6 Å². The molecule has 3 rings (SSSR count). The van der Waals surface area contributed by atoms with Crippen molar-refractivity contribution in [1.29, 1.82) is 0 Å². The number of ether oxygens (including phenoxy) is 1. The van der Waals surface area contributed by atoms with Crippen LogP contribution in [0.15, 0.2) is 42.7 Å². The quantitative estimate of drug-likeness (QED) is 0.788. The average Bonchev–Trinajstić information content (AvgIpc) is 2.85. The Morgan fingerprint density at radius 3 is 2.43 bits per heavy atom. The molecule has 1 atom stereocenters. The van der Waals surface area contributed by atoms with Crippen molar-refractivity contribution in [1.82, 2.24) is 9.88 Å². The van der Waals surface area contributed by atoms with Gasteiger partial charge in [-0.1, -0.05) is 0 Å².